The minimum Gasteiger partial charge on any atom is -0.480 e. The number of esters is 1. The fraction of sp³-hybridized carbons (Fsp3) is 0.789. The molecule has 0 radical (unpaired) electrons. The van der Waals surface area contributed by atoms with E-state index in [4.69, 9.17) is 9.47 Å². The molecule has 2 atom stereocenters. The van der Waals surface area contributed by atoms with Crippen LogP contribution >= 0.6 is 0 Å². The summed E-state index contributed by atoms with van der Waals surface area (Å²) in [5.74, 6) is -2.09. The van der Waals surface area contributed by atoms with Gasteiger partial charge in [-0.3, -0.25) is 9.59 Å². The first-order valence-electron chi connectivity index (χ1n) is 9.60. The lowest BCUT2D eigenvalue weighted by Gasteiger charge is -2.27. The average molecular weight is 400 g/mol. The molecular weight excluding hydrogens is 368 g/mol. The van der Waals surface area contributed by atoms with E-state index in [2.05, 4.69) is 5.32 Å². The van der Waals surface area contributed by atoms with Crippen molar-refractivity contribution in [3.63, 3.8) is 0 Å². The summed E-state index contributed by atoms with van der Waals surface area (Å²) in [6.45, 7) is 9.30. The number of likely N-dealkylation sites (tertiary alicyclic amines) is 1. The lowest BCUT2D eigenvalue weighted by molar-refractivity contribution is -0.163. The van der Waals surface area contributed by atoms with Crippen molar-refractivity contribution in [2.75, 3.05) is 13.1 Å². The maximum absolute atomic E-state index is 12.8. The van der Waals surface area contributed by atoms with Crippen LogP contribution in [0.1, 0.15) is 60.3 Å². The number of hydrogen-bond acceptors (Lipinski definition) is 6. The van der Waals surface area contributed by atoms with Crippen molar-refractivity contribution in [1.82, 2.24) is 10.2 Å². The van der Waals surface area contributed by atoms with Crippen LogP contribution in [0, 0.1) is 5.92 Å². The number of alkyl carbamates (subject to hydrolysis) is 1. The predicted octanol–water partition coefficient (Wildman–Crippen LogP) is 1.93. The van der Waals surface area contributed by atoms with E-state index in [-0.39, 0.29) is 18.9 Å². The van der Waals surface area contributed by atoms with Crippen molar-refractivity contribution in [3.8, 4) is 0 Å². The zero-order valence-corrected chi connectivity index (χ0v) is 17.3. The van der Waals surface area contributed by atoms with Gasteiger partial charge in [0.2, 0.25) is 0 Å². The zero-order chi connectivity index (χ0) is 21.5. The van der Waals surface area contributed by atoms with Crippen LogP contribution in [0.4, 0.5) is 4.79 Å². The highest BCUT2D eigenvalue weighted by Crippen LogP contribution is 2.21. The van der Waals surface area contributed by atoms with Gasteiger partial charge in [-0.2, -0.15) is 0 Å². The molecule has 0 aromatic heterocycles. The summed E-state index contributed by atoms with van der Waals surface area (Å²) in [6, 6.07) is -0.880. The fourth-order valence-corrected chi connectivity index (χ4v) is 2.90. The largest absolute Gasteiger partial charge is 0.480 e. The molecule has 28 heavy (non-hydrogen) atoms. The summed E-state index contributed by atoms with van der Waals surface area (Å²) in [7, 11) is 0. The number of carboxylic acids is 1. The Bertz CT molecular complexity index is 583. The van der Waals surface area contributed by atoms with E-state index in [1.807, 2.05) is 13.8 Å². The van der Waals surface area contributed by atoms with Gasteiger partial charge in [0.15, 0.2) is 6.10 Å². The Morgan fingerprint density at radius 2 is 1.86 bits per heavy atom. The molecule has 1 heterocycles. The maximum Gasteiger partial charge on any atom is 0.407 e. The minimum atomic E-state index is -1.05. The van der Waals surface area contributed by atoms with Gasteiger partial charge < -0.3 is 24.8 Å². The molecule has 0 aromatic carbocycles. The molecule has 1 fully saturated rings. The van der Waals surface area contributed by atoms with Crippen molar-refractivity contribution in [1.29, 1.82) is 0 Å². The first-order chi connectivity index (χ1) is 12.9. The molecule has 2 amide bonds. The van der Waals surface area contributed by atoms with Gasteiger partial charge in [0.1, 0.15) is 11.6 Å². The third kappa shape index (κ3) is 8.14. The molecular formula is C19H32N2O7. The third-order valence-corrected chi connectivity index (χ3v) is 4.05. The first kappa shape index (κ1) is 23.7. The number of carboxylic acid groups (broad SMARTS) is 1. The number of nitrogens with zero attached hydrogens (tertiary/aromatic N) is 1. The number of carbonyl (C=O) groups excluding carboxylic acids is 3. The highest BCUT2D eigenvalue weighted by molar-refractivity contribution is 5.88. The molecule has 0 bridgehead atoms. The fourth-order valence-electron chi connectivity index (χ4n) is 2.90. The van der Waals surface area contributed by atoms with E-state index >= 15 is 0 Å². The van der Waals surface area contributed by atoms with E-state index in [1.165, 1.54) is 4.90 Å². The molecule has 1 saturated heterocycles. The Morgan fingerprint density at radius 1 is 1.21 bits per heavy atom. The Morgan fingerprint density at radius 3 is 2.39 bits per heavy atom. The molecule has 0 spiro atoms. The van der Waals surface area contributed by atoms with Gasteiger partial charge in [-0.1, -0.05) is 13.8 Å². The number of nitrogens with one attached hydrogen (secondary N) is 1. The number of amides is 2. The molecule has 1 aliphatic heterocycles. The van der Waals surface area contributed by atoms with Crippen LogP contribution in [0.25, 0.3) is 0 Å². The topological polar surface area (TPSA) is 122 Å². The van der Waals surface area contributed by atoms with Crippen molar-refractivity contribution < 1.29 is 33.8 Å². The zero-order valence-electron chi connectivity index (χ0n) is 17.3. The SMILES string of the molecule is CC(C)C[C@@H](OC(=O)CCNC(=O)OC(C)(C)C)C(=O)N1CCC[C@H]1C(=O)O. The smallest absolute Gasteiger partial charge is 0.407 e. The van der Waals surface area contributed by atoms with E-state index < -0.39 is 41.7 Å². The molecule has 0 aliphatic carbocycles. The standard InChI is InChI=1S/C19H32N2O7/c1-12(2)11-14(16(23)21-10-6-7-13(21)17(24)25)27-15(22)8-9-20-18(26)28-19(3,4)5/h12-14H,6-11H2,1-5H3,(H,20,26)(H,24,25)/t13-,14+/m0/s1. The number of aliphatic carboxylic acids is 1. The lowest BCUT2D eigenvalue weighted by Crippen LogP contribution is -2.47. The first-order valence-corrected chi connectivity index (χ1v) is 9.60. The molecule has 9 nitrogen and oxygen atoms in total. The Balaban J connectivity index is 2.60. The minimum absolute atomic E-state index is 0.0117. The van der Waals surface area contributed by atoms with Crippen molar-refractivity contribution in [3.05, 3.63) is 0 Å². The Labute approximate surface area is 165 Å². The van der Waals surface area contributed by atoms with Gasteiger partial charge in [-0.15, -0.1) is 0 Å². The van der Waals surface area contributed by atoms with Crippen LogP contribution in [-0.2, 0) is 23.9 Å². The van der Waals surface area contributed by atoms with Gasteiger partial charge in [0.25, 0.3) is 5.91 Å². The summed E-state index contributed by atoms with van der Waals surface area (Å²) >= 11 is 0. The van der Waals surface area contributed by atoms with Crippen LogP contribution in [0.5, 0.6) is 0 Å². The highest BCUT2D eigenvalue weighted by atomic mass is 16.6. The van der Waals surface area contributed by atoms with Crippen LogP contribution in [0.2, 0.25) is 0 Å². The Kier molecular flexibility index (Phi) is 8.71. The van der Waals surface area contributed by atoms with Gasteiger partial charge >= 0.3 is 18.0 Å². The summed E-state index contributed by atoms with van der Waals surface area (Å²) in [6.07, 6.45) is -0.504. The molecule has 2 N–H and O–H groups in total. The third-order valence-electron chi connectivity index (χ3n) is 4.05. The van der Waals surface area contributed by atoms with Gasteiger partial charge in [0.05, 0.1) is 6.42 Å². The lowest BCUT2D eigenvalue weighted by atomic mass is 10.0. The molecule has 160 valence electrons. The summed E-state index contributed by atoms with van der Waals surface area (Å²) in [5, 5.41) is 11.7. The molecule has 9 heteroatoms. The number of ether oxygens (including phenoxy) is 2. The van der Waals surface area contributed by atoms with Crippen molar-refractivity contribution in [2.24, 2.45) is 5.92 Å². The quantitative estimate of drug-likeness (QED) is 0.597. The van der Waals surface area contributed by atoms with Crippen LogP contribution in [0.3, 0.4) is 0 Å². The predicted molar refractivity (Wildman–Crippen MR) is 101 cm³/mol. The van der Waals surface area contributed by atoms with Gasteiger partial charge in [-0.25, -0.2) is 9.59 Å². The second-order valence-electron chi connectivity index (χ2n) is 8.31. The van der Waals surface area contributed by atoms with E-state index in [9.17, 15) is 24.3 Å². The van der Waals surface area contributed by atoms with Crippen LogP contribution in [-0.4, -0.2) is 64.8 Å². The monoisotopic (exact) mass is 400 g/mol. The molecule has 1 aliphatic rings. The summed E-state index contributed by atoms with van der Waals surface area (Å²) in [5.41, 5.74) is -0.643. The summed E-state index contributed by atoms with van der Waals surface area (Å²) < 4.78 is 10.4. The molecule has 0 aromatic rings. The number of hydrogen-bond donors (Lipinski definition) is 2. The van der Waals surface area contributed by atoms with Gasteiger partial charge in [0, 0.05) is 13.1 Å². The normalized spacial score (nSPS) is 17.9. The second-order valence-corrected chi connectivity index (χ2v) is 8.31. The average Bonchev–Trinajstić information content (AvgIpc) is 3.01. The second kappa shape index (κ2) is 10.3. The van der Waals surface area contributed by atoms with E-state index in [0.29, 0.717) is 25.8 Å². The van der Waals surface area contributed by atoms with Crippen molar-refractivity contribution in [2.45, 2.75) is 78.0 Å². The Hall–Kier alpha value is -2.32. The maximum atomic E-state index is 12.8. The molecule has 1 rings (SSSR count). The van der Waals surface area contributed by atoms with E-state index in [1.54, 1.807) is 20.8 Å². The molecule has 0 saturated carbocycles. The summed E-state index contributed by atoms with van der Waals surface area (Å²) in [4.78, 5) is 49.1. The van der Waals surface area contributed by atoms with Crippen LogP contribution < -0.4 is 5.32 Å². The van der Waals surface area contributed by atoms with Crippen molar-refractivity contribution >= 4 is 23.9 Å². The van der Waals surface area contributed by atoms with Gasteiger partial charge in [-0.05, 0) is 46.0 Å². The number of rotatable bonds is 8. The number of carbonyl (C=O) groups is 4. The highest BCUT2D eigenvalue weighted by Gasteiger charge is 2.38. The van der Waals surface area contributed by atoms with E-state index in [0.717, 1.165) is 0 Å². The van der Waals surface area contributed by atoms with Crippen LogP contribution in [0.15, 0.2) is 0 Å². The molecule has 0 unspecified atom stereocenters.